The molecule has 1 rings (SSSR count). The van der Waals surface area contributed by atoms with Crippen molar-refractivity contribution in [3.63, 3.8) is 0 Å². The largest absolute Gasteiger partial charge is 0.300 e. The Hall–Kier alpha value is 0.250. The van der Waals surface area contributed by atoms with Gasteiger partial charge in [-0.3, -0.25) is 0 Å². The molecular formula is C12H24ClN. The number of hydrogen-bond donors (Lipinski definition) is 0. The van der Waals surface area contributed by atoms with Crippen molar-refractivity contribution in [1.82, 2.24) is 4.90 Å². The first-order valence-electron chi connectivity index (χ1n) is 6.07. The number of likely N-dealkylation sites (tertiary alicyclic amines) is 1. The van der Waals surface area contributed by atoms with Crippen LogP contribution in [0.3, 0.4) is 0 Å². The first-order chi connectivity index (χ1) is 6.69. The van der Waals surface area contributed by atoms with Crippen LogP contribution in [0.2, 0.25) is 0 Å². The van der Waals surface area contributed by atoms with Gasteiger partial charge in [0, 0.05) is 11.4 Å². The minimum Gasteiger partial charge on any atom is -0.300 e. The monoisotopic (exact) mass is 217 g/mol. The van der Waals surface area contributed by atoms with Crippen molar-refractivity contribution in [1.29, 1.82) is 0 Å². The summed E-state index contributed by atoms with van der Waals surface area (Å²) in [6.45, 7) is 9.25. The zero-order chi connectivity index (χ0) is 10.6. The van der Waals surface area contributed by atoms with Crippen LogP contribution in [0.4, 0.5) is 0 Å². The van der Waals surface area contributed by atoms with Crippen molar-refractivity contribution >= 4 is 11.6 Å². The minimum atomic E-state index is 0.360. The van der Waals surface area contributed by atoms with Gasteiger partial charge in [-0.1, -0.05) is 13.8 Å². The molecule has 2 heteroatoms. The third-order valence-electron chi connectivity index (χ3n) is 3.68. The van der Waals surface area contributed by atoms with E-state index in [0.717, 1.165) is 12.0 Å². The Balaban J connectivity index is 2.34. The van der Waals surface area contributed by atoms with Crippen LogP contribution >= 0.6 is 11.6 Å². The van der Waals surface area contributed by atoms with Crippen LogP contribution in [0.5, 0.6) is 0 Å². The molecule has 1 fully saturated rings. The number of rotatable bonds is 4. The zero-order valence-electron chi connectivity index (χ0n) is 9.80. The average molecular weight is 218 g/mol. The van der Waals surface area contributed by atoms with Gasteiger partial charge in [0.1, 0.15) is 0 Å². The maximum absolute atomic E-state index is 6.13. The summed E-state index contributed by atoms with van der Waals surface area (Å²) in [7, 11) is 0. The molecule has 1 atom stereocenters. The maximum Gasteiger partial charge on any atom is 0.0337 e. The lowest BCUT2D eigenvalue weighted by Gasteiger charge is -2.37. The van der Waals surface area contributed by atoms with Gasteiger partial charge in [-0.25, -0.2) is 0 Å². The van der Waals surface area contributed by atoms with Crippen molar-refractivity contribution in [3.8, 4) is 0 Å². The number of alkyl halides is 1. The van der Waals surface area contributed by atoms with E-state index in [9.17, 15) is 0 Å². The molecule has 1 aliphatic rings. The van der Waals surface area contributed by atoms with Crippen LogP contribution < -0.4 is 0 Å². The van der Waals surface area contributed by atoms with Crippen LogP contribution in [0.25, 0.3) is 0 Å². The Kier molecular flexibility index (Phi) is 5.25. The van der Waals surface area contributed by atoms with Crippen molar-refractivity contribution in [2.75, 3.05) is 13.1 Å². The number of piperidine rings is 1. The molecule has 0 saturated carbocycles. The topological polar surface area (TPSA) is 3.24 Å². The van der Waals surface area contributed by atoms with Crippen molar-refractivity contribution < 1.29 is 0 Å². The summed E-state index contributed by atoms with van der Waals surface area (Å²) in [6, 6.07) is 0.807. The highest BCUT2D eigenvalue weighted by atomic mass is 35.5. The SMILES string of the molecule is CCC(CC)N1CCC(C(C)Cl)CC1. The van der Waals surface area contributed by atoms with E-state index in [2.05, 4.69) is 25.7 Å². The van der Waals surface area contributed by atoms with Gasteiger partial charge >= 0.3 is 0 Å². The molecule has 84 valence electrons. The second-order valence-electron chi connectivity index (χ2n) is 4.52. The Morgan fingerprint density at radius 1 is 1.21 bits per heavy atom. The molecule has 0 aromatic heterocycles. The van der Waals surface area contributed by atoms with Gasteiger partial charge in [0.2, 0.25) is 0 Å². The Morgan fingerprint density at radius 2 is 1.71 bits per heavy atom. The second kappa shape index (κ2) is 5.97. The molecule has 1 saturated heterocycles. The summed E-state index contributed by atoms with van der Waals surface area (Å²) in [5.41, 5.74) is 0. The zero-order valence-corrected chi connectivity index (χ0v) is 10.6. The Morgan fingerprint density at radius 3 is 2.07 bits per heavy atom. The molecule has 0 amide bonds. The molecule has 0 aromatic carbocycles. The average Bonchev–Trinajstić information content (AvgIpc) is 2.20. The maximum atomic E-state index is 6.13. The highest BCUT2D eigenvalue weighted by Gasteiger charge is 2.25. The molecule has 1 aliphatic heterocycles. The molecule has 0 N–H and O–H groups in total. The fraction of sp³-hybridized carbons (Fsp3) is 1.00. The van der Waals surface area contributed by atoms with E-state index in [1.807, 2.05) is 0 Å². The van der Waals surface area contributed by atoms with E-state index >= 15 is 0 Å². The summed E-state index contributed by atoms with van der Waals surface area (Å²) < 4.78 is 0. The Labute approximate surface area is 93.8 Å². The van der Waals surface area contributed by atoms with E-state index in [1.165, 1.54) is 38.8 Å². The van der Waals surface area contributed by atoms with E-state index in [4.69, 9.17) is 11.6 Å². The van der Waals surface area contributed by atoms with Crippen molar-refractivity contribution in [2.24, 2.45) is 5.92 Å². The van der Waals surface area contributed by atoms with Crippen LogP contribution in [0.15, 0.2) is 0 Å². The summed E-state index contributed by atoms with van der Waals surface area (Å²) in [5.74, 6) is 0.752. The number of nitrogens with zero attached hydrogens (tertiary/aromatic N) is 1. The van der Waals surface area contributed by atoms with Gasteiger partial charge in [0.15, 0.2) is 0 Å². The molecule has 0 radical (unpaired) electrons. The molecular weight excluding hydrogens is 194 g/mol. The van der Waals surface area contributed by atoms with Crippen LogP contribution in [-0.2, 0) is 0 Å². The molecule has 0 aliphatic carbocycles. The molecule has 1 heterocycles. The predicted molar refractivity (Wildman–Crippen MR) is 64.0 cm³/mol. The van der Waals surface area contributed by atoms with Gasteiger partial charge < -0.3 is 4.90 Å². The normalized spacial score (nSPS) is 22.9. The predicted octanol–water partition coefficient (Wildman–Crippen LogP) is 3.51. The number of halogens is 1. The van der Waals surface area contributed by atoms with Crippen molar-refractivity contribution in [3.05, 3.63) is 0 Å². The number of hydrogen-bond acceptors (Lipinski definition) is 1. The van der Waals surface area contributed by atoms with Gasteiger partial charge in [-0.15, -0.1) is 11.6 Å². The first-order valence-corrected chi connectivity index (χ1v) is 6.50. The quantitative estimate of drug-likeness (QED) is 0.652. The van der Waals surface area contributed by atoms with E-state index in [1.54, 1.807) is 0 Å². The van der Waals surface area contributed by atoms with Gasteiger partial charge in [0.05, 0.1) is 0 Å². The third-order valence-corrected chi connectivity index (χ3v) is 4.04. The lowest BCUT2D eigenvalue weighted by molar-refractivity contribution is 0.125. The Bertz CT molecular complexity index is 146. The molecule has 0 spiro atoms. The molecule has 1 nitrogen and oxygen atoms in total. The van der Waals surface area contributed by atoms with Gasteiger partial charge in [-0.2, -0.15) is 0 Å². The molecule has 0 bridgehead atoms. The van der Waals surface area contributed by atoms with E-state index in [0.29, 0.717) is 5.38 Å². The third kappa shape index (κ3) is 3.13. The van der Waals surface area contributed by atoms with Crippen LogP contribution in [0.1, 0.15) is 46.5 Å². The molecule has 0 aromatic rings. The van der Waals surface area contributed by atoms with E-state index in [-0.39, 0.29) is 0 Å². The van der Waals surface area contributed by atoms with E-state index < -0.39 is 0 Å². The second-order valence-corrected chi connectivity index (χ2v) is 5.21. The first kappa shape index (κ1) is 12.3. The highest BCUT2D eigenvalue weighted by molar-refractivity contribution is 6.20. The lowest BCUT2D eigenvalue weighted by Crippen LogP contribution is -2.42. The smallest absolute Gasteiger partial charge is 0.0337 e. The fourth-order valence-electron chi connectivity index (χ4n) is 2.55. The highest BCUT2D eigenvalue weighted by Crippen LogP contribution is 2.25. The molecule has 14 heavy (non-hydrogen) atoms. The molecule has 1 unspecified atom stereocenters. The van der Waals surface area contributed by atoms with Gasteiger partial charge in [0.25, 0.3) is 0 Å². The minimum absolute atomic E-state index is 0.360. The summed E-state index contributed by atoms with van der Waals surface area (Å²) in [5, 5.41) is 0.360. The fourth-order valence-corrected chi connectivity index (χ4v) is 2.80. The lowest BCUT2D eigenvalue weighted by atomic mass is 9.92. The van der Waals surface area contributed by atoms with Gasteiger partial charge in [-0.05, 0) is 51.6 Å². The van der Waals surface area contributed by atoms with Crippen LogP contribution in [-0.4, -0.2) is 29.4 Å². The summed E-state index contributed by atoms with van der Waals surface area (Å²) in [4.78, 5) is 2.65. The standard InChI is InChI=1S/C12H24ClN/c1-4-12(5-2)14-8-6-11(7-9-14)10(3)13/h10-12H,4-9H2,1-3H3. The summed E-state index contributed by atoms with van der Waals surface area (Å²) >= 11 is 6.13. The van der Waals surface area contributed by atoms with Crippen LogP contribution in [0, 0.1) is 5.92 Å². The van der Waals surface area contributed by atoms with Crippen molar-refractivity contribution in [2.45, 2.75) is 57.9 Å². The summed E-state index contributed by atoms with van der Waals surface area (Å²) in [6.07, 6.45) is 5.16.